The number of alkyl halides is 1. The predicted octanol–water partition coefficient (Wildman–Crippen LogP) is 0.478. The summed E-state index contributed by atoms with van der Waals surface area (Å²) in [4.78, 5) is 15.5. The van der Waals surface area contributed by atoms with Crippen LogP contribution in [-0.4, -0.2) is 33.5 Å². The first kappa shape index (κ1) is 12.2. The molecule has 0 aliphatic carbocycles. The van der Waals surface area contributed by atoms with Crippen molar-refractivity contribution in [3.8, 4) is 0 Å². The van der Waals surface area contributed by atoms with E-state index in [0.717, 1.165) is 10.1 Å². The van der Waals surface area contributed by atoms with E-state index in [9.17, 15) is 9.18 Å². The monoisotopic (exact) mass is 242 g/mol. The Kier molecular flexibility index (Phi) is 3.26. The average molecular weight is 242 g/mol. The van der Waals surface area contributed by atoms with E-state index in [1.54, 1.807) is 20.0 Å². The molecule has 1 aliphatic heterocycles. The maximum atomic E-state index is 13.7. The lowest BCUT2D eigenvalue weighted by Crippen LogP contribution is -2.31. The maximum Gasteiger partial charge on any atom is 0.350 e. The molecule has 0 spiro atoms. The van der Waals surface area contributed by atoms with Crippen molar-refractivity contribution >= 4 is 0 Å². The van der Waals surface area contributed by atoms with Gasteiger partial charge in [0.15, 0.2) is 6.23 Å². The summed E-state index contributed by atoms with van der Waals surface area (Å²) in [6, 6.07) is 0. The Morgan fingerprint density at radius 3 is 2.94 bits per heavy atom. The van der Waals surface area contributed by atoms with E-state index in [0.29, 0.717) is 5.69 Å². The lowest BCUT2D eigenvalue weighted by Gasteiger charge is -2.17. The molecule has 0 radical (unpaired) electrons. The molecule has 1 unspecified atom stereocenters. The van der Waals surface area contributed by atoms with Crippen molar-refractivity contribution in [3.63, 3.8) is 0 Å². The number of aliphatic hydroxyl groups excluding tert-OH is 1. The van der Waals surface area contributed by atoms with Crippen LogP contribution >= 0.6 is 0 Å². The Labute approximate surface area is 97.9 Å². The van der Waals surface area contributed by atoms with Crippen LogP contribution in [0.15, 0.2) is 11.0 Å². The van der Waals surface area contributed by atoms with Gasteiger partial charge in [0, 0.05) is 18.3 Å². The number of ether oxygens (including phenoxy) is 1. The number of aryl methyl sites for hydroxylation is 2. The Hall–Kier alpha value is -1.27. The highest BCUT2D eigenvalue weighted by atomic mass is 19.1. The highest BCUT2D eigenvalue weighted by Crippen LogP contribution is 2.30. The third-order valence-corrected chi connectivity index (χ3v) is 2.99. The van der Waals surface area contributed by atoms with Gasteiger partial charge in [0.25, 0.3) is 0 Å². The van der Waals surface area contributed by atoms with Crippen molar-refractivity contribution < 1.29 is 14.2 Å². The molecule has 1 aromatic heterocycles. The first-order valence-corrected chi connectivity index (χ1v) is 5.49. The summed E-state index contributed by atoms with van der Waals surface area (Å²) in [7, 11) is 0. The van der Waals surface area contributed by atoms with Crippen LogP contribution in [0.25, 0.3) is 0 Å². The van der Waals surface area contributed by atoms with E-state index < -0.39 is 24.2 Å². The van der Waals surface area contributed by atoms with Crippen molar-refractivity contribution in [1.29, 1.82) is 0 Å². The highest BCUT2D eigenvalue weighted by Gasteiger charge is 2.37. The van der Waals surface area contributed by atoms with Gasteiger partial charge in [0.1, 0.15) is 6.17 Å². The number of rotatable bonds is 2. The number of hydrogen-bond acceptors (Lipinski definition) is 4. The molecule has 94 valence electrons. The number of aromatic nitrogens is 2. The van der Waals surface area contributed by atoms with Gasteiger partial charge in [-0.05, 0) is 19.4 Å². The fourth-order valence-electron chi connectivity index (χ4n) is 1.89. The topological polar surface area (TPSA) is 64.3 Å². The first-order valence-electron chi connectivity index (χ1n) is 5.49. The first-order chi connectivity index (χ1) is 8.02. The van der Waals surface area contributed by atoms with Crippen LogP contribution in [0.4, 0.5) is 4.39 Å². The molecule has 0 saturated carbocycles. The SMILES string of the molecule is Cc1cn([C@H]2O[C@H](CO)CC2F)c(=O)nc1C. The van der Waals surface area contributed by atoms with Gasteiger partial charge in [-0.1, -0.05) is 0 Å². The second kappa shape index (κ2) is 4.54. The Bertz CT molecular complexity index is 474. The molecule has 0 aromatic carbocycles. The molecule has 1 aromatic rings. The third-order valence-electron chi connectivity index (χ3n) is 2.99. The molecule has 0 amide bonds. The molecule has 6 heteroatoms. The quantitative estimate of drug-likeness (QED) is 0.819. The molecule has 2 rings (SSSR count). The van der Waals surface area contributed by atoms with Gasteiger partial charge in [-0.2, -0.15) is 4.98 Å². The molecule has 1 fully saturated rings. The third kappa shape index (κ3) is 2.23. The van der Waals surface area contributed by atoms with Crippen LogP contribution in [0.3, 0.4) is 0 Å². The van der Waals surface area contributed by atoms with E-state index in [-0.39, 0.29) is 13.0 Å². The summed E-state index contributed by atoms with van der Waals surface area (Å²) in [5, 5.41) is 8.92. The molecular formula is C11H15FN2O3. The van der Waals surface area contributed by atoms with Gasteiger partial charge in [-0.15, -0.1) is 0 Å². The standard InChI is InChI=1S/C11H15FN2O3/c1-6-4-14(11(16)13-7(6)2)10-9(12)3-8(5-15)17-10/h4,8-10,15H,3,5H2,1-2H3/t8-,9?,10-/m0/s1. The largest absolute Gasteiger partial charge is 0.394 e. The molecule has 0 bridgehead atoms. The van der Waals surface area contributed by atoms with Crippen LogP contribution in [0.2, 0.25) is 0 Å². The van der Waals surface area contributed by atoms with Gasteiger partial charge in [-0.25, -0.2) is 9.18 Å². The maximum absolute atomic E-state index is 13.7. The fourth-order valence-corrected chi connectivity index (χ4v) is 1.89. The van der Waals surface area contributed by atoms with Crippen LogP contribution in [0.1, 0.15) is 23.9 Å². The zero-order valence-electron chi connectivity index (χ0n) is 9.76. The normalized spacial score (nSPS) is 28.6. The van der Waals surface area contributed by atoms with E-state index >= 15 is 0 Å². The molecule has 1 N–H and O–H groups in total. The molecule has 2 heterocycles. The number of aliphatic hydroxyl groups is 1. The van der Waals surface area contributed by atoms with Crippen molar-refractivity contribution in [2.24, 2.45) is 0 Å². The second-order valence-electron chi connectivity index (χ2n) is 4.28. The summed E-state index contributed by atoms with van der Waals surface area (Å²) in [5.41, 5.74) is 0.894. The van der Waals surface area contributed by atoms with Crippen LogP contribution in [-0.2, 0) is 4.74 Å². The molecule has 5 nitrogen and oxygen atoms in total. The molecule has 17 heavy (non-hydrogen) atoms. The number of hydrogen-bond donors (Lipinski definition) is 1. The molecule has 1 saturated heterocycles. The number of halogens is 1. The van der Waals surface area contributed by atoms with Crippen molar-refractivity contribution in [2.45, 2.75) is 38.8 Å². The minimum Gasteiger partial charge on any atom is -0.394 e. The van der Waals surface area contributed by atoms with Crippen LogP contribution < -0.4 is 5.69 Å². The van der Waals surface area contributed by atoms with Crippen LogP contribution in [0.5, 0.6) is 0 Å². The van der Waals surface area contributed by atoms with Gasteiger partial charge < -0.3 is 9.84 Å². The summed E-state index contributed by atoms with van der Waals surface area (Å²) < 4.78 is 20.1. The molecule has 3 atom stereocenters. The molecule has 1 aliphatic rings. The van der Waals surface area contributed by atoms with Crippen molar-refractivity contribution in [1.82, 2.24) is 9.55 Å². The predicted molar refractivity (Wildman–Crippen MR) is 58.5 cm³/mol. The van der Waals surface area contributed by atoms with E-state index in [2.05, 4.69) is 4.98 Å². The Balaban J connectivity index is 2.35. The summed E-state index contributed by atoms with van der Waals surface area (Å²) >= 11 is 0. The van der Waals surface area contributed by atoms with E-state index in [1.165, 1.54) is 0 Å². The Morgan fingerprint density at radius 1 is 1.65 bits per heavy atom. The van der Waals surface area contributed by atoms with Crippen molar-refractivity contribution in [2.75, 3.05) is 6.61 Å². The zero-order chi connectivity index (χ0) is 12.6. The number of nitrogens with zero attached hydrogens (tertiary/aromatic N) is 2. The minimum atomic E-state index is -1.30. The fraction of sp³-hybridized carbons (Fsp3) is 0.636. The highest BCUT2D eigenvalue weighted by molar-refractivity contribution is 5.12. The zero-order valence-corrected chi connectivity index (χ0v) is 9.76. The lowest BCUT2D eigenvalue weighted by molar-refractivity contribution is -0.0394. The summed E-state index contributed by atoms with van der Waals surface area (Å²) in [6.07, 6.45) is -1.19. The Morgan fingerprint density at radius 2 is 2.35 bits per heavy atom. The summed E-state index contributed by atoms with van der Waals surface area (Å²) in [5.74, 6) is 0. The second-order valence-corrected chi connectivity index (χ2v) is 4.28. The van der Waals surface area contributed by atoms with Gasteiger partial charge in [0.05, 0.1) is 12.7 Å². The van der Waals surface area contributed by atoms with Gasteiger partial charge in [0.2, 0.25) is 0 Å². The smallest absolute Gasteiger partial charge is 0.350 e. The lowest BCUT2D eigenvalue weighted by atomic mass is 10.2. The summed E-state index contributed by atoms with van der Waals surface area (Å²) in [6.45, 7) is 3.27. The van der Waals surface area contributed by atoms with Crippen LogP contribution in [0, 0.1) is 13.8 Å². The average Bonchev–Trinajstić information content (AvgIpc) is 2.65. The van der Waals surface area contributed by atoms with Crippen molar-refractivity contribution in [3.05, 3.63) is 27.9 Å². The van der Waals surface area contributed by atoms with Gasteiger partial charge in [-0.3, -0.25) is 4.57 Å². The minimum absolute atomic E-state index is 0.0977. The molecular weight excluding hydrogens is 227 g/mol. The van der Waals surface area contributed by atoms with E-state index in [1.807, 2.05) is 0 Å². The van der Waals surface area contributed by atoms with Gasteiger partial charge >= 0.3 is 5.69 Å². The van der Waals surface area contributed by atoms with E-state index in [4.69, 9.17) is 9.84 Å².